The zero-order valence-electron chi connectivity index (χ0n) is 20.3. The SMILES string of the molecule is CN(C)Cc1ccc(CCNS(=O)(=O)c2cc3ccccc3nc2NC[C@@H]2CC[C@H](CO)O2)cc1. The molecule has 0 saturated carbocycles. The molecule has 188 valence electrons. The van der Waals surface area contributed by atoms with Crippen LogP contribution in [0.2, 0.25) is 0 Å². The van der Waals surface area contributed by atoms with E-state index in [9.17, 15) is 13.5 Å². The number of sulfonamides is 1. The number of fused-ring (bicyclic) bond motifs is 1. The molecule has 0 amide bonds. The van der Waals surface area contributed by atoms with Gasteiger partial charge in [0.05, 0.1) is 24.3 Å². The van der Waals surface area contributed by atoms with E-state index in [0.29, 0.717) is 24.3 Å². The smallest absolute Gasteiger partial charge is 0.244 e. The van der Waals surface area contributed by atoms with Crippen LogP contribution in [0.5, 0.6) is 0 Å². The Morgan fingerprint density at radius 2 is 1.77 bits per heavy atom. The van der Waals surface area contributed by atoms with E-state index in [-0.39, 0.29) is 30.3 Å². The molecule has 9 heteroatoms. The first kappa shape index (κ1) is 25.5. The molecule has 0 unspecified atom stereocenters. The summed E-state index contributed by atoms with van der Waals surface area (Å²) in [5.74, 6) is 0.306. The Morgan fingerprint density at radius 3 is 2.49 bits per heavy atom. The lowest BCUT2D eigenvalue weighted by Crippen LogP contribution is -2.28. The molecular weight excluding hydrogens is 464 g/mol. The second kappa shape index (κ2) is 11.5. The summed E-state index contributed by atoms with van der Waals surface area (Å²) in [5, 5.41) is 13.2. The van der Waals surface area contributed by atoms with Crippen molar-refractivity contribution in [2.75, 3.05) is 39.1 Å². The minimum atomic E-state index is -3.80. The molecule has 1 aliphatic heterocycles. The van der Waals surface area contributed by atoms with Crippen LogP contribution >= 0.6 is 0 Å². The molecule has 1 fully saturated rings. The van der Waals surface area contributed by atoms with E-state index in [0.717, 1.165) is 30.3 Å². The van der Waals surface area contributed by atoms with E-state index in [2.05, 4.69) is 32.1 Å². The molecule has 4 rings (SSSR count). The van der Waals surface area contributed by atoms with E-state index in [1.807, 2.05) is 50.5 Å². The van der Waals surface area contributed by atoms with Crippen molar-refractivity contribution in [3.63, 3.8) is 0 Å². The molecule has 35 heavy (non-hydrogen) atoms. The number of aromatic nitrogens is 1. The number of benzene rings is 2. The highest BCUT2D eigenvalue weighted by molar-refractivity contribution is 7.89. The van der Waals surface area contributed by atoms with Gasteiger partial charge in [-0.3, -0.25) is 0 Å². The van der Waals surface area contributed by atoms with Crippen molar-refractivity contribution in [2.45, 2.75) is 42.9 Å². The minimum Gasteiger partial charge on any atom is -0.394 e. The number of aliphatic hydroxyl groups excluding tert-OH is 1. The Kier molecular flexibility index (Phi) is 8.35. The molecule has 2 atom stereocenters. The maximum absolute atomic E-state index is 13.3. The van der Waals surface area contributed by atoms with Crippen LogP contribution in [0.3, 0.4) is 0 Å². The molecule has 2 aromatic carbocycles. The van der Waals surface area contributed by atoms with Gasteiger partial charge in [0.25, 0.3) is 0 Å². The zero-order valence-corrected chi connectivity index (χ0v) is 21.1. The molecule has 3 aromatic rings. The fourth-order valence-corrected chi connectivity index (χ4v) is 5.47. The van der Waals surface area contributed by atoms with Gasteiger partial charge < -0.3 is 20.1 Å². The van der Waals surface area contributed by atoms with Crippen molar-refractivity contribution >= 4 is 26.7 Å². The molecule has 1 saturated heterocycles. The van der Waals surface area contributed by atoms with Gasteiger partial charge in [-0.25, -0.2) is 18.1 Å². The quantitative estimate of drug-likeness (QED) is 0.373. The molecule has 3 N–H and O–H groups in total. The van der Waals surface area contributed by atoms with E-state index in [4.69, 9.17) is 4.74 Å². The second-order valence-electron chi connectivity index (χ2n) is 9.25. The number of anilines is 1. The molecule has 1 aliphatic rings. The Hall–Kier alpha value is -2.56. The average Bonchev–Trinajstić information content (AvgIpc) is 3.31. The molecule has 0 aliphatic carbocycles. The number of para-hydroxylation sites is 1. The summed E-state index contributed by atoms with van der Waals surface area (Å²) in [6, 6.07) is 17.3. The Bertz CT molecular complexity index is 1230. The highest BCUT2D eigenvalue weighted by Crippen LogP contribution is 2.26. The third-order valence-electron chi connectivity index (χ3n) is 6.10. The molecule has 2 heterocycles. The van der Waals surface area contributed by atoms with Crippen LogP contribution in [0, 0.1) is 0 Å². The lowest BCUT2D eigenvalue weighted by Gasteiger charge is -2.17. The van der Waals surface area contributed by atoms with Gasteiger partial charge in [-0.2, -0.15) is 0 Å². The largest absolute Gasteiger partial charge is 0.394 e. The summed E-state index contributed by atoms with van der Waals surface area (Å²) in [4.78, 5) is 6.83. The van der Waals surface area contributed by atoms with Gasteiger partial charge in [-0.15, -0.1) is 0 Å². The third-order valence-corrected chi connectivity index (χ3v) is 7.58. The Morgan fingerprint density at radius 1 is 1.06 bits per heavy atom. The van der Waals surface area contributed by atoms with Crippen molar-refractivity contribution in [3.8, 4) is 0 Å². The Balaban J connectivity index is 1.46. The first-order chi connectivity index (χ1) is 16.8. The van der Waals surface area contributed by atoms with E-state index in [1.165, 1.54) is 5.56 Å². The van der Waals surface area contributed by atoms with Crippen LogP contribution in [0.25, 0.3) is 10.9 Å². The average molecular weight is 499 g/mol. The van der Waals surface area contributed by atoms with Crippen LogP contribution in [-0.4, -0.2) is 69.4 Å². The van der Waals surface area contributed by atoms with E-state index >= 15 is 0 Å². The number of nitrogens with one attached hydrogen (secondary N) is 2. The predicted octanol–water partition coefficient (Wildman–Crippen LogP) is 2.77. The standard InChI is InChI=1S/C26H34N4O4S/c1-30(2)17-20-9-7-19(8-10-20)13-14-28-35(32,33)25-15-21-5-3-4-6-24(21)29-26(25)27-16-22-11-12-23(18-31)34-22/h3-10,15,22-23,28,31H,11-14,16-18H2,1-2H3,(H,27,29)/t22-,23+/m0/s1. The summed E-state index contributed by atoms with van der Waals surface area (Å²) < 4.78 is 35.1. The fraction of sp³-hybridized carbons (Fsp3) is 0.423. The number of hydrogen-bond donors (Lipinski definition) is 3. The number of rotatable bonds is 11. The number of pyridine rings is 1. The zero-order chi connectivity index (χ0) is 24.8. The molecule has 0 spiro atoms. The predicted molar refractivity (Wildman–Crippen MR) is 138 cm³/mol. The van der Waals surface area contributed by atoms with Crippen molar-refractivity contribution in [3.05, 3.63) is 65.7 Å². The normalized spacial score (nSPS) is 18.4. The topological polar surface area (TPSA) is 104 Å². The van der Waals surface area contributed by atoms with Gasteiger partial charge >= 0.3 is 0 Å². The number of ether oxygens (including phenoxy) is 1. The third kappa shape index (κ3) is 6.77. The van der Waals surface area contributed by atoms with Crippen LogP contribution in [0.4, 0.5) is 5.82 Å². The molecule has 8 nitrogen and oxygen atoms in total. The summed E-state index contributed by atoms with van der Waals surface area (Å²) >= 11 is 0. The van der Waals surface area contributed by atoms with Gasteiger partial charge in [-0.05, 0) is 56.6 Å². The van der Waals surface area contributed by atoms with Crippen molar-refractivity contribution < 1.29 is 18.3 Å². The fourth-order valence-electron chi connectivity index (χ4n) is 4.29. The van der Waals surface area contributed by atoms with Gasteiger partial charge in [-0.1, -0.05) is 42.5 Å². The van der Waals surface area contributed by atoms with E-state index < -0.39 is 10.0 Å². The summed E-state index contributed by atoms with van der Waals surface area (Å²) in [6.45, 7) is 1.56. The monoisotopic (exact) mass is 498 g/mol. The first-order valence-corrected chi connectivity index (χ1v) is 13.4. The van der Waals surface area contributed by atoms with Crippen LogP contribution in [0.1, 0.15) is 24.0 Å². The van der Waals surface area contributed by atoms with Crippen molar-refractivity contribution in [1.82, 2.24) is 14.6 Å². The highest BCUT2D eigenvalue weighted by Gasteiger charge is 2.26. The minimum absolute atomic E-state index is 0.00729. The van der Waals surface area contributed by atoms with Gasteiger partial charge in [0, 0.05) is 25.0 Å². The number of hydrogen-bond acceptors (Lipinski definition) is 7. The van der Waals surface area contributed by atoms with E-state index in [1.54, 1.807) is 6.07 Å². The van der Waals surface area contributed by atoms with Crippen LogP contribution < -0.4 is 10.0 Å². The maximum atomic E-state index is 13.3. The van der Waals surface area contributed by atoms with Gasteiger partial charge in [0.2, 0.25) is 10.0 Å². The number of nitrogens with zero attached hydrogens (tertiary/aromatic N) is 2. The summed E-state index contributed by atoms with van der Waals surface area (Å²) in [5.41, 5.74) is 3.00. The lowest BCUT2D eigenvalue weighted by atomic mass is 10.1. The lowest BCUT2D eigenvalue weighted by molar-refractivity contribution is 0.0174. The van der Waals surface area contributed by atoms with Crippen molar-refractivity contribution in [1.29, 1.82) is 0 Å². The first-order valence-electron chi connectivity index (χ1n) is 12.0. The van der Waals surface area contributed by atoms with Crippen LogP contribution in [0.15, 0.2) is 59.5 Å². The maximum Gasteiger partial charge on any atom is 0.244 e. The van der Waals surface area contributed by atoms with Crippen LogP contribution in [-0.2, 0) is 27.7 Å². The van der Waals surface area contributed by atoms with Gasteiger partial charge in [0.15, 0.2) is 0 Å². The second-order valence-corrected chi connectivity index (χ2v) is 11.0. The summed E-state index contributed by atoms with van der Waals surface area (Å²) in [7, 11) is 0.255. The molecule has 0 radical (unpaired) electrons. The number of aliphatic hydroxyl groups is 1. The summed E-state index contributed by atoms with van der Waals surface area (Å²) in [6.07, 6.45) is 1.92. The molecule has 0 bridgehead atoms. The van der Waals surface area contributed by atoms with Crippen molar-refractivity contribution in [2.24, 2.45) is 0 Å². The Labute approximate surface area is 207 Å². The molecular formula is C26H34N4O4S. The molecule has 1 aromatic heterocycles. The highest BCUT2D eigenvalue weighted by atomic mass is 32.2. The van der Waals surface area contributed by atoms with Gasteiger partial charge in [0.1, 0.15) is 10.7 Å².